The van der Waals surface area contributed by atoms with E-state index in [-0.39, 0.29) is 22.4 Å². The van der Waals surface area contributed by atoms with Crippen molar-refractivity contribution in [3.63, 3.8) is 0 Å². The van der Waals surface area contributed by atoms with E-state index in [2.05, 4.69) is 11.6 Å². The van der Waals surface area contributed by atoms with Crippen molar-refractivity contribution in [1.29, 1.82) is 0 Å². The number of benzene rings is 1. The summed E-state index contributed by atoms with van der Waals surface area (Å²) in [6, 6.07) is 3.96. The quantitative estimate of drug-likeness (QED) is 0.587. The van der Waals surface area contributed by atoms with Crippen LogP contribution in [0.2, 0.25) is 0 Å². The number of hydrogen-bond donors (Lipinski definition) is 3. The Hall–Kier alpha value is -1.27. The molecule has 1 aliphatic rings. The lowest BCUT2D eigenvalue weighted by molar-refractivity contribution is 0.301. The van der Waals surface area contributed by atoms with Crippen molar-refractivity contribution in [3.05, 3.63) is 18.2 Å². The van der Waals surface area contributed by atoms with Gasteiger partial charge in [0, 0.05) is 6.04 Å². The molecular formula is C14H22N2O3S. The summed E-state index contributed by atoms with van der Waals surface area (Å²) in [6.07, 6.45) is 5.10. The Bertz CT molecular complexity index is 572. The Morgan fingerprint density at radius 2 is 2.15 bits per heavy atom. The fourth-order valence-electron chi connectivity index (χ4n) is 2.76. The number of sulfonamides is 1. The van der Waals surface area contributed by atoms with Crippen molar-refractivity contribution in [2.24, 2.45) is 5.92 Å². The van der Waals surface area contributed by atoms with Crippen LogP contribution in [0.15, 0.2) is 23.1 Å². The van der Waals surface area contributed by atoms with E-state index in [1.807, 2.05) is 0 Å². The van der Waals surface area contributed by atoms with E-state index < -0.39 is 10.0 Å². The average molecular weight is 298 g/mol. The molecule has 0 saturated heterocycles. The summed E-state index contributed by atoms with van der Waals surface area (Å²) in [6.45, 7) is 2.14. The second-order valence-corrected chi connectivity index (χ2v) is 7.19. The number of hydrogen-bond acceptors (Lipinski definition) is 4. The fraction of sp³-hybridized carbons (Fsp3) is 0.571. The van der Waals surface area contributed by atoms with Gasteiger partial charge >= 0.3 is 0 Å². The van der Waals surface area contributed by atoms with E-state index in [9.17, 15) is 13.5 Å². The molecule has 0 aromatic heterocycles. The molecule has 0 aliphatic heterocycles. The van der Waals surface area contributed by atoms with Crippen LogP contribution in [-0.2, 0) is 10.0 Å². The molecule has 0 bridgehead atoms. The van der Waals surface area contributed by atoms with Crippen LogP contribution < -0.4 is 10.5 Å². The number of rotatable bonds is 4. The highest BCUT2D eigenvalue weighted by molar-refractivity contribution is 7.89. The first-order valence-electron chi connectivity index (χ1n) is 7.03. The Morgan fingerprint density at radius 3 is 2.80 bits per heavy atom. The van der Waals surface area contributed by atoms with Crippen LogP contribution in [0.5, 0.6) is 5.75 Å². The van der Waals surface area contributed by atoms with Gasteiger partial charge in [-0.15, -0.1) is 0 Å². The Kier molecular flexibility index (Phi) is 4.55. The van der Waals surface area contributed by atoms with Crippen LogP contribution in [0.3, 0.4) is 0 Å². The number of nitrogens with two attached hydrogens (primary N) is 1. The van der Waals surface area contributed by atoms with Gasteiger partial charge in [0.25, 0.3) is 0 Å². The third-order valence-electron chi connectivity index (χ3n) is 3.99. The Morgan fingerprint density at radius 1 is 1.40 bits per heavy atom. The van der Waals surface area contributed by atoms with E-state index in [0.717, 1.165) is 25.7 Å². The SMILES string of the molecule is CCC1CCCC(NS(=O)(=O)c2ccc(O)c(N)c2)C1. The fourth-order valence-corrected chi connectivity index (χ4v) is 4.07. The van der Waals surface area contributed by atoms with Crippen molar-refractivity contribution in [1.82, 2.24) is 4.72 Å². The lowest BCUT2D eigenvalue weighted by Gasteiger charge is -2.28. The highest BCUT2D eigenvalue weighted by Crippen LogP contribution is 2.28. The first-order valence-corrected chi connectivity index (χ1v) is 8.51. The van der Waals surface area contributed by atoms with Crippen LogP contribution in [0, 0.1) is 5.92 Å². The zero-order valence-corrected chi connectivity index (χ0v) is 12.5. The highest BCUT2D eigenvalue weighted by Gasteiger charge is 2.26. The van der Waals surface area contributed by atoms with Crippen LogP contribution in [0.4, 0.5) is 5.69 Å². The molecule has 5 nitrogen and oxygen atoms in total. The molecule has 0 amide bonds. The molecule has 6 heteroatoms. The van der Waals surface area contributed by atoms with Crippen molar-refractivity contribution in [2.45, 2.75) is 50.0 Å². The maximum absolute atomic E-state index is 12.3. The summed E-state index contributed by atoms with van der Waals surface area (Å²) in [5.41, 5.74) is 5.62. The van der Waals surface area contributed by atoms with Crippen LogP contribution in [-0.4, -0.2) is 19.6 Å². The van der Waals surface area contributed by atoms with Gasteiger partial charge in [0.1, 0.15) is 5.75 Å². The molecule has 1 fully saturated rings. The molecule has 0 radical (unpaired) electrons. The lowest BCUT2D eigenvalue weighted by Crippen LogP contribution is -2.38. The lowest BCUT2D eigenvalue weighted by atomic mass is 9.85. The minimum atomic E-state index is -3.57. The molecule has 0 spiro atoms. The van der Waals surface area contributed by atoms with E-state index in [4.69, 9.17) is 5.73 Å². The smallest absolute Gasteiger partial charge is 0.240 e. The van der Waals surface area contributed by atoms with E-state index in [0.29, 0.717) is 5.92 Å². The van der Waals surface area contributed by atoms with Gasteiger partial charge in [-0.2, -0.15) is 0 Å². The van der Waals surface area contributed by atoms with Crippen molar-refractivity contribution in [3.8, 4) is 5.75 Å². The van der Waals surface area contributed by atoms with Gasteiger partial charge in [-0.25, -0.2) is 13.1 Å². The predicted molar refractivity (Wildman–Crippen MR) is 78.9 cm³/mol. The van der Waals surface area contributed by atoms with Crippen LogP contribution in [0.1, 0.15) is 39.0 Å². The first kappa shape index (κ1) is 15.1. The molecule has 20 heavy (non-hydrogen) atoms. The summed E-state index contributed by atoms with van der Waals surface area (Å²) in [5, 5.41) is 9.36. The summed E-state index contributed by atoms with van der Waals surface area (Å²) < 4.78 is 27.4. The second kappa shape index (κ2) is 6.01. The van der Waals surface area contributed by atoms with Crippen molar-refractivity contribution in [2.75, 3.05) is 5.73 Å². The van der Waals surface area contributed by atoms with Crippen LogP contribution in [0.25, 0.3) is 0 Å². The zero-order chi connectivity index (χ0) is 14.8. The summed E-state index contributed by atoms with van der Waals surface area (Å²) in [7, 11) is -3.57. The second-order valence-electron chi connectivity index (χ2n) is 5.48. The van der Waals surface area contributed by atoms with Crippen LogP contribution >= 0.6 is 0 Å². The van der Waals surface area contributed by atoms with Gasteiger partial charge in [-0.05, 0) is 37.0 Å². The monoisotopic (exact) mass is 298 g/mol. The minimum Gasteiger partial charge on any atom is -0.506 e. The number of nitrogen functional groups attached to an aromatic ring is 1. The maximum Gasteiger partial charge on any atom is 0.240 e. The van der Waals surface area contributed by atoms with Crippen molar-refractivity contribution < 1.29 is 13.5 Å². The molecule has 2 rings (SSSR count). The number of anilines is 1. The third kappa shape index (κ3) is 3.43. The molecule has 2 unspecified atom stereocenters. The maximum atomic E-state index is 12.3. The molecule has 1 aromatic carbocycles. The van der Waals surface area contributed by atoms with Gasteiger partial charge in [0.15, 0.2) is 0 Å². The number of phenolic OH excluding ortho intramolecular Hbond substituents is 1. The molecule has 4 N–H and O–H groups in total. The van der Waals surface area contributed by atoms with Gasteiger partial charge in [-0.1, -0.05) is 26.2 Å². The van der Waals surface area contributed by atoms with Gasteiger partial charge in [0.05, 0.1) is 10.6 Å². The average Bonchev–Trinajstić information content (AvgIpc) is 2.41. The molecule has 112 valence electrons. The van der Waals surface area contributed by atoms with Gasteiger partial charge < -0.3 is 10.8 Å². The van der Waals surface area contributed by atoms with Gasteiger partial charge in [0.2, 0.25) is 10.0 Å². The zero-order valence-electron chi connectivity index (χ0n) is 11.7. The summed E-state index contributed by atoms with van der Waals surface area (Å²) in [4.78, 5) is 0.103. The highest BCUT2D eigenvalue weighted by atomic mass is 32.2. The normalized spacial score (nSPS) is 23.6. The number of nitrogens with one attached hydrogen (secondary N) is 1. The minimum absolute atomic E-state index is 0.00581. The topological polar surface area (TPSA) is 92.4 Å². The largest absolute Gasteiger partial charge is 0.506 e. The molecule has 1 saturated carbocycles. The van der Waals surface area contributed by atoms with E-state index >= 15 is 0 Å². The predicted octanol–water partition coefficient (Wildman–Crippen LogP) is 2.22. The molecule has 0 heterocycles. The Balaban J connectivity index is 2.12. The van der Waals surface area contributed by atoms with Crippen molar-refractivity contribution >= 4 is 15.7 Å². The molecular weight excluding hydrogens is 276 g/mol. The molecule has 2 atom stereocenters. The van der Waals surface area contributed by atoms with E-state index in [1.54, 1.807) is 0 Å². The Labute approximate surface area is 120 Å². The first-order chi connectivity index (χ1) is 9.42. The number of aromatic hydroxyl groups is 1. The molecule has 1 aromatic rings. The third-order valence-corrected chi connectivity index (χ3v) is 5.51. The summed E-state index contributed by atoms with van der Waals surface area (Å²) >= 11 is 0. The van der Waals surface area contributed by atoms with E-state index in [1.165, 1.54) is 24.6 Å². The van der Waals surface area contributed by atoms with Gasteiger partial charge in [-0.3, -0.25) is 0 Å². The standard InChI is InChI=1S/C14H22N2O3S/c1-2-10-4-3-5-11(8-10)16-20(18,19)12-6-7-14(17)13(15)9-12/h6-7,9-11,16-17H,2-5,8,15H2,1H3. The molecule has 1 aliphatic carbocycles. The number of phenols is 1. The summed E-state index contributed by atoms with van der Waals surface area (Å²) in [5.74, 6) is 0.494.